The van der Waals surface area contributed by atoms with Gasteiger partial charge in [0, 0.05) is 49.2 Å². The van der Waals surface area contributed by atoms with Gasteiger partial charge in [0.25, 0.3) is 6.54 Å². The van der Waals surface area contributed by atoms with Crippen LogP contribution in [-0.4, -0.2) is 58.4 Å². The molecule has 0 atom stereocenters. The highest BCUT2D eigenvalue weighted by molar-refractivity contribution is 5.76. The van der Waals surface area contributed by atoms with Gasteiger partial charge in [-0.3, -0.25) is 9.59 Å². The van der Waals surface area contributed by atoms with E-state index in [0.717, 1.165) is 75.4 Å². The third-order valence-corrected chi connectivity index (χ3v) is 9.27. The number of aldehydes is 2. The Hall–Kier alpha value is -6.02. The molecule has 3 aliphatic rings. The van der Waals surface area contributed by atoms with E-state index in [0.29, 0.717) is 18.6 Å². The molecule has 3 aliphatic heterocycles. The van der Waals surface area contributed by atoms with Crippen molar-refractivity contribution >= 4 is 30.0 Å². The molecular formula is C45H51F4N7O2. The Bertz CT molecular complexity index is 1860. The lowest BCUT2D eigenvalue weighted by molar-refractivity contribution is 0.111. The zero-order valence-corrected chi connectivity index (χ0v) is 32.9. The summed E-state index contributed by atoms with van der Waals surface area (Å²) in [6.07, 6.45) is 17.4. The average molecular weight is 798 g/mol. The van der Waals surface area contributed by atoms with Gasteiger partial charge < -0.3 is 20.0 Å². The molecule has 1 N–H and O–H groups in total. The van der Waals surface area contributed by atoms with Crippen LogP contribution in [0.2, 0.25) is 0 Å². The van der Waals surface area contributed by atoms with Crippen LogP contribution in [0.5, 0.6) is 0 Å². The van der Waals surface area contributed by atoms with E-state index in [-0.39, 0.29) is 28.8 Å². The quantitative estimate of drug-likeness (QED) is 0.0889. The summed E-state index contributed by atoms with van der Waals surface area (Å²) in [6.45, 7) is 12.4. The van der Waals surface area contributed by atoms with E-state index in [4.69, 9.17) is 22.4 Å². The molecule has 13 heteroatoms. The highest BCUT2D eigenvalue weighted by Gasteiger charge is 2.13. The zero-order valence-electron chi connectivity index (χ0n) is 32.9. The van der Waals surface area contributed by atoms with Crippen LogP contribution in [0.15, 0.2) is 60.2 Å². The fourth-order valence-electron chi connectivity index (χ4n) is 6.15. The largest absolute Gasteiger partial charge is 0.371 e. The second kappa shape index (κ2) is 29.3. The van der Waals surface area contributed by atoms with E-state index >= 15 is 0 Å². The Morgan fingerprint density at radius 2 is 1.03 bits per heavy atom. The smallest absolute Gasteiger partial charge is 0.298 e. The maximum atomic E-state index is 14.0. The maximum absolute atomic E-state index is 14.0. The van der Waals surface area contributed by atoms with Gasteiger partial charge in [-0.15, -0.1) is 0 Å². The number of hydrogen-bond acceptors (Lipinski definition) is 8. The number of halogens is 4. The van der Waals surface area contributed by atoms with Gasteiger partial charge in [-0.25, -0.2) is 24.1 Å². The second-order valence-electron chi connectivity index (χ2n) is 13.5. The first-order chi connectivity index (χ1) is 28.2. The van der Waals surface area contributed by atoms with Crippen molar-refractivity contribution in [1.82, 2.24) is 5.32 Å². The van der Waals surface area contributed by atoms with Gasteiger partial charge in [0.2, 0.25) is 0 Å². The van der Waals surface area contributed by atoms with Gasteiger partial charge >= 0.3 is 0 Å². The van der Waals surface area contributed by atoms with Crippen LogP contribution in [0, 0.1) is 63.8 Å². The molecule has 6 rings (SSSR count). The number of nitrogens with zero attached hydrogens (tertiary/aromatic N) is 6. The summed E-state index contributed by atoms with van der Waals surface area (Å²) in [5.41, 5.74) is 1.97. The number of anilines is 2. The van der Waals surface area contributed by atoms with E-state index in [2.05, 4.69) is 20.0 Å². The molecule has 0 saturated carbocycles. The fourth-order valence-corrected chi connectivity index (χ4v) is 6.15. The summed E-state index contributed by atoms with van der Waals surface area (Å²) in [7, 11) is 0. The number of carbonyl (C=O) groups excluding carboxylic acids is 2. The van der Waals surface area contributed by atoms with Crippen molar-refractivity contribution in [2.24, 2.45) is 0 Å². The van der Waals surface area contributed by atoms with Crippen molar-refractivity contribution in [2.45, 2.75) is 77.0 Å². The number of nitrogens with one attached hydrogen (secondary N) is 1. The van der Waals surface area contributed by atoms with E-state index in [1.54, 1.807) is 30.3 Å². The van der Waals surface area contributed by atoms with Crippen LogP contribution < -0.4 is 15.1 Å². The van der Waals surface area contributed by atoms with Gasteiger partial charge in [-0.2, -0.15) is 15.8 Å². The number of carbonyl (C=O) groups is 2. The number of rotatable bonds is 5. The molecule has 0 aliphatic carbocycles. The molecular weight excluding hydrogens is 747 g/mol. The Balaban J connectivity index is 0.000000271. The van der Waals surface area contributed by atoms with E-state index in [9.17, 15) is 27.2 Å². The Labute approximate surface area is 340 Å². The minimum Gasteiger partial charge on any atom is -0.371 e. The van der Waals surface area contributed by atoms with Gasteiger partial charge in [0.1, 0.15) is 47.0 Å². The monoisotopic (exact) mass is 797 g/mol. The van der Waals surface area contributed by atoms with E-state index in [1.165, 1.54) is 82.7 Å². The molecule has 0 bridgehead atoms. The SMILES string of the molecule is C1CCCNCC1.N#CC(C#N)=Cc1ccc(N2CCCCCC2)cc1F.O=Cc1ccc(F)cc1F.O=Cc1ccc(N2CCCCCC2)cc1F.[C-]#[N+]CC#N. The van der Waals surface area contributed by atoms with Crippen molar-refractivity contribution < 1.29 is 27.2 Å². The summed E-state index contributed by atoms with van der Waals surface area (Å²) < 4.78 is 52.0. The first-order valence-electron chi connectivity index (χ1n) is 19.6. The van der Waals surface area contributed by atoms with Crippen molar-refractivity contribution in [3.05, 3.63) is 112 Å². The van der Waals surface area contributed by atoms with Crippen LogP contribution >= 0.6 is 0 Å². The summed E-state index contributed by atoms with van der Waals surface area (Å²) >= 11 is 0. The standard InChI is InChI=1S/C16H16FN3.C13H16FNO.C7H4F2O.C6H13N.C3H2N2/c17-16-10-15(20-7-3-1-2-4-8-20)6-5-14(16)9-13(11-18)12-19;14-13-9-12(6-5-11(13)10-16)15-7-3-1-2-4-8-15;8-6-2-1-5(4-10)7(9)3-6;1-2-4-6-7-5-3-1;1-5-3-2-4/h5-6,9-10H,1-4,7-8H2;5-6,9-10H,1-4,7-8H2;1-4H;7H,1-6H2;3H2. The summed E-state index contributed by atoms with van der Waals surface area (Å²) in [4.78, 5) is 27.6. The molecule has 3 aromatic rings. The number of nitriles is 3. The van der Waals surface area contributed by atoms with Crippen LogP contribution in [0.4, 0.5) is 28.9 Å². The third kappa shape index (κ3) is 18.7. The first kappa shape index (κ1) is 48.1. The van der Waals surface area contributed by atoms with Crippen molar-refractivity contribution in [2.75, 3.05) is 55.6 Å². The number of allylic oxidation sites excluding steroid dienone is 1. The van der Waals surface area contributed by atoms with Gasteiger partial charge in [-0.05, 0) is 106 Å². The molecule has 0 aromatic heterocycles. The molecule has 58 heavy (non-hydrogen) atoms. The van der Waals surface area contributed by atoms with Crippen LogP contribution in [0.1, 0.15) is 103 Å². The van der Waals surface area contributed by atoms with E-state index in [1.807, 2.05) is 12.1 Å². The predicted octanol–water partition coefficient (Wildman–Crippen LogP) is 10.0. The molecule has 3 saturated heterocycles. The Kier molecular flexibility index (Phi) is 24.3. The molecule has 3 aromatic carbocycles. The van der Waals surface area contributed by atoms with E-state index < -0.39 is 23.3 Å². The lowest BCUT2D eigenvalue weighted by Gasteiger charge is -2.22. The maximum Gasteiger partial charge on any atom is 0.298 e. The summed E-state index contributed by atoms with van der Waals surface area (Å²) in [6, 6.07) is 17.8. The highest BCUT2D eigenvalue weighted by Crippen LogP contribution is 2.24. The van der Waals surface area contributed by atoms with Crippen LogP contribution in [-0.2, 0) is 0 Å². The Morgan fingerprint density at radius 1 is 0.621 bits per heavy atom. The number of benzene rings is 3. The molecule has 3 heterocycles. The Morgan fingerprint density at radius 3 is 1.40 bits per heavy atom. The normalized spacial score (nSPS) is 14.7. The molecule has 0 radical (unpaired) electrons. The fraction of sp³-hybridized carbons (Fsp3) is 0.422. The minimum atomic E-state index is -0.824. The number of hydrogen-bond donors (Lipinski definition) is 1. The molecule has 9 nitrogen and oxygen atoms in total. The minimum absolute atomic E-state index is 0.0139. The van der Waals surface area contributed by atoms with Gasteiger partial charge in [0.05, 0.1) is 11.1 Å². The summed E-state index contributed by atoms with van der Waals surface area (Å²) in [5, 5.41) is 28.3. The molecule has 306 valence electrons. The average Bonchev–Trinajstić information content (AvgIpc) is 3.82. The summed E-state index contributed by atoms with van der Waals surface area (Å²) in [5.74, 6) is -2.32. The molecule has 0 spiro atoms. The van der Waals surface area contributed by atoms with Gasteiger partial charge in [-0.1, -0.05) is 38.5 Å². The van der Waals surface area contributed by atoms with Crippen molar-refractivity contribution in [3.8, 4) is 18.2 Å². The zero-order chi connectivity index (χ0) is 42.4. The third-order valence-electron chi connectivity index (χ3n) is 9.27. The van der Waals surface area contributed by atoms with Crippen molar-refractivity contribution in [3.63, 3.8) is 0 Å². The second-order valence-corrected chi connectivity index (χ2v) is 13.5. The van der Waals surface area contributed by atoms with Crippen LogP contribution in [0.25, 0.3) is 10.9 Å². The molecule has 0 amide bonds. The lowest BCUT2D eigenvalue weighted by atomic mass is 10.1. The highest BCUT2D eigenvalue weighted by atomic mass is 19.1. The molecule has 3 fully saturated rings. The molecule has 0 unspecified atom stereocenters. The van der Waals surface area contributed by atoms with Crippen LogP contribution in [0.3, 0.4) is 0 Å². The topological polar surface area (TPSA) is 128 Å². The first-order valence-corrected chi connectivity index (χ1v) is 19.6. The lowest BCUT2D eigenvalue weighted by Crippen LogP contribution is -2.23. The van der Waals surface area contributed by atoms with Gasteiger partial charge in [0.15, 0.2) is 12.6 Å². The predicted molar refractivity (Wildman–Crippen MR) is 219 cm³/mol. The van der Waals surface area contributed by atoms with Crippen molar-refractivity contribution in [1.29, 1.82) is 15.8 Å².